The number of carbonyl (C=O) groups excluding carboxylic acids is 2. The number of nitrogens with one attached hydrogen (secondary N) is 2. The molecule has 0 spiro atoms. The Balaban J connectivity index is 2.12. The van der Waals surface area contributed by atoms with Gasteiger partial charge in [-0.3, -0.25) is 9.59 Å². The third-order valence-electron chi connectivity index (χ3n) is 4.99. The topological polar surface area (TPSA) is 95.5 Å². The van der Waals surface area contributed by atoms with E-state index in [1.54, 1.807) is 0 Å². The van der Waals surface area contributed by atoms with Gasteiger partial charge in [-0.25, -0.2) is 4.79 Å². The first-order valence-electron chi connectivity index (χ1n) is 10.4. The van der Waals surface area contributed by atoms with E-state index >= 15 is 0 Å². The van der Waals surface area contributed by atoms with E-state index in [-0.39, 0.29) is 18.2 Å². The third kappa shape index (κ3) is 8.09. The van der Waals surface area contributed by atoms with E-state index < -0.39 is 29.2 Å². The van der Waals surface area contributed by atoms with E-state index in [0.717, 1.165) is 11.1 Å². The van der Waals surface area contributed by atoms with Gasteiger partial charge in [0.2, 0.25) is 11.8 Å². The first-order chi connectivity index (χ1) is 14.8. The zero-order valence-electron chi connectivity index (χ0n) is 17.8. The number of hydrogen-bond acceptors (Lipinski definition) is 4. The molecule has 3 N–H and O–H groups in total. The predicted octanol–water partition coefficient (Wildman–Crippen LogP) is 2.87. The highest BCUT2D eigenvalue weighted by Crippen LogP contribution is 2.12. The second-order valence-corrected chi connectivity index (χ2v) is 8.42. The maximum Gasteiger partial charge on any atom is 0.326 e. The average molecular weight is 443 g/mol. The lowest BCUT2D eigenvalue weighted by Crippen LogP contribution is -2.53. The van der Waals surface area contributed by atoms with Crippen molar-refractivity contribution < 1.29 is 19.5 Å². The van der Waals surface area contributed by atoms with Gasteiger partial charge < -0.3 is 15.7 Å². The van der Waals surface area contributed by atoms with Crippen LogP contribution in [0.3, 0.4) is 0 Å². The van der Waals surface area contributed by atoms with Gasteiger partial charge in [-0.2, -0.15) is 12.6 Å². The number of carbonyl (C=O) groups is 3. The Labute approximate surface area is 188 Å². The Morgan fingerprint density at radius 1 is 0.839 bits per heavy atom. The van der Waals surface area contributed by atoms with Crippen LogP contribution in [0, 0.1) is 5.92 Å². The molecule has 31 heavy (non-hydrogen) atoms. The second-order valence-electron chi connectivity index (χ2n) is 7.86. The van der Waals surface area contributed by atoms with Crippen LogP contribution >= 0.6 is 12.6 Å². The minimum atomic E-state index is -1.13. The fraction of sp³-hybridized carbons (Fsp3) is 0.375. The van der Waals surface area contributed by atoms with E-state index in [9.17, 15) is 19.5 Å². The van der Waals surface area contributed by atoms with Crippen molar-refractivity contribution >= 4 is 30.4 Å². The molecule has 3 atom stereocenters. The molecule has 6 nitrogen and oxygen atoms in total. The summed E-state index contributed by atoms with van der Waals surface area (Å²) in [5, 5.41) is 14.4. The van der Waals surface area contributed by atoms with E-state index in [1.807, 2.05) is 74.5 Å². The number of rotatable bonds is 11. The number of carboxylic acids is 1. The molecular weight excluding hydrogens is 412 g/mol. The smallest absolute Gasteiger partial charge is 0.326 e. The van der Waals surface area contributed by atoms with Crippen LogP contribution in [0.15, 0.2) is 60.7 Å². The Morgan fingerprint density at radius 3 is 1.87 bits per heavy atom. The number of aliphatic carboxylic acids is 1. The van der Waals surface area contributed by atoms with Crippen LogP contribution in [-0.2, 0) is 27.2 Å². The van der Waals surface area contributed by atoms with Gasteiger partial charge >= 0.3 is 5.97 Å². The van der Waals surface area contributed by atoms with Gasteiger partial charge in [0.1, 0.15) is 12.1 Å². The minimum Gasteiger partial charge on any atom is -0.480 e. The fourth-order valence-electron chi connectivity index (χ4n) is 3.11. The zero-order chi connectivity index (χ0) is 22.8. The van der Waals surface area contributed by atoms with Gasteiger partial charge in [0.15, 0.2) is 0 Å². The summed E-state index contributed by atoms with van der Waals surface area (Å²) in [5.41, 5.74) is 1.83. The summed E-state index contributed by atoms with van der Waals surface area (Å²) in [5.74, 6) is -2.00. The SMILES string of the molecule is CC(C)[C@H](S)C(=O)NC(CCc1ccccc1)C(=O)NC(Cc1ccccc1)C(=O)O. The summed E-state index contributed by atoms with van der Waals surface area (Å²) in [6.45, 7) is 3.74. The molecule has 0 aliphatic carbocycles. The Hall–Kier alpha value is -2.80. The van der Waals surface area contributed by atoms with Crippen molar-refractivity contribution in [3.8, 4) is 0 Å². The van der Waals surface area contributed by atoms with Crippen LogP contribution in [0.4, 0.5) is 0 Å². The van der Waals surface area contributed by atoms with Crippen molar-refractivity contribution in [2.24, 2.45) is 5.92 Å². The van der Waals surface area contributed by atoms with E-state index in [4.69, 9.17) is 0 Å². The molecule has 0 aliphatic rings. The van der Waals surface area contributed by atoms with E-state index in [1.165, 1.54) is 0 Å². The number of thiol groups is 1. The number of benzene rings is 2. The first kappa shape index (κ1) is 24.5. The summed E-state index contributed by atoms with van der Waals surface area (Å²) >= 11 is 4.33. The number of hydrogen-bond donors (Lipinski definition) is 4. The highest BCUT2D eigenvalue weighted by Gasteiger charge is 2.28. The quantitative estimate of drug-likeness (QED) is 0.403. The molecule has 0 bridgehead atoms. The lowest BCUT2D eigenvalue weighted by Gasteiger charge is -2.24. The Kier molecular flexibility index (Phi) is 9.59. The maximum absolute atomic E-state index is 13.0. The number of amides is 2. The van der Waals surface area contributed by atoms with Crippen molar-refractivity contribution in [2.75, 3.05) is 0 Å². The van der Waals surface area contributed by atoms with Gasteiger partial charge in [0.25, 0.3) is 0 Å². The maximum atomic E-state index is 13.0. The van der Waals surface area contributed by atoms with Crippen molar-refractivity contribution in [1.29, 1.82) is 0 Å². The molecule has 0 aromatic heterocycles. The average Bonchev–Trinajstić information content (AvgIpc) is 2.76. The molecule has 0 radical (unpaired) electrons. The molecule has 0 aliphatic heterocycles. The molecule has 166 valence electrons. The summed E-state index contributed by atoms with van der Waals surface area (Å²) in [4.78, 5) is 37.3. The fourth-order valence-corrected chi connectivity index (χ4v) is 3.18. The minimum absolute atomic E-state index is 0.00832. The van der Waals surface area contributed by atoms with Crippen molar-refractivity contribution in [3.63, 3.8) is 0 Å². The zero-order valence-corrected chi connectivity index (χ0v) is 18.7. The number of carboxylic acid groups (broad SMARTS) is 1. The van der Waals surface area contributed by atoms with Crippen LogP contribution in [0.1, 0.15) is 31.4 Å². The van der Waals surface area contributed by atoms with Crippen LogP contribution in [0.5, 0.6) is 0 Å². The van der Waals surface area contributed by atoms with E-state index in [2.05, 4.69) is 23.3 Å². The molecule has 7 heteroatoms. The molecule has 2 unspecified atom stereocenters. The number of aryl methyl sites for hydroxylation is 1. The standard InChI is InChI=1S/C24H30N2O4S/c1-16(2)21(31)23(28)25-19(14-13-17-9-5-3-6-10-17)22(27)26-20(24(29)30)15-18-11-7-4-8-12-18/h3-12,16,19-21,31H,13-15H2,1-2H3,(H,25,28)(H,26,27)(H,29,30)/t19?,20?,21-/m0/s1. The molecular formula is C24H30N2O4S. The monoisotopic (exact) mass is 442 g/mol. The van der Waals surface area contributed by atoms with Crippen LogP contribution in [0.25, 0.3) is 0 Å². The molecule has 2 amide bonds. The molecule has 2 rings (SSSR count). The normalized spacial score (nSPS) is 13.8. The molecule has 0 heterocycles. The predicted molar refractivity (Wildman–Crippen MR) is 124 cm³/mol. The Morgan fingerprint density at radius 2 is 1.35 bits per heavy atom. The van der Waals surface area contributed by atoms with Gasteiger partial charge in [0.05, 0.1) is 5.25 Å². The van der Waals surface area contributed by atoms with Crippen LogP contribution < -0.4 is 10.6 Å². The van der Waals surface area contributed by atoms with Crippen LogP contribution in [0.2, 0.25) is 0 Å². The second kappa shape index (κ2) is 12.2. The lowest BCUT2D eigenvalue weighted by molar-refractivity contribution is -0.142. The highest BCUT2D eigenvalue weighted by molar-refractivity contribution is 7.81. The first-order valence-corrected chi connectivity index (χ1v) is 10.9. The largest absolute Gasteiger partial charge is 0.480 e. The third-order valence-corrected chi connectivity index (χ3v) is 5.83. The van der Waals surface area contributed by atoms with Gasteiger partial charge in [-0.1, -0.05) is 74.5 Å². The summed E-state index contributed by atoms with van der Waals surface area (Å²) in [7, 11) is 0. The molecule has 2 aromatic rings. The molecule has 0 saturated carbocycles. The van der Waals surface area contributed by atoms with Crippen molar-refractivity contribution in [1.82, 2.24) is 10.6 Å². The summed E-state index contributed by atoms with van der Waals surface area (Å²) in [6.07, 6.45) is 1.06. The van der Waals surface area contributed by atoms with Gasteiger partial charge in [-0.15, -0.1) is 0 Å². The van der Waals surface area contributed by atoms with Crippen LogP contribution in [-0.4, -0.2) is 40.2 Å². The molecule has 0 saturated heterocycles. The highest BCUT2D eigenvalue weighted by atomic mass is 32.1. The van der Waals surface area contributed by atoms with Gasteiger partial charge in [0, 0.05) is 6.42 Å². The van der Waals surface area contributed by atoms with Gasteiger partial charge in [-0.05, 0) is 29.9 Å². The van der Waals surface area contributed by atoms with E-state index in [0.29, 0.717) is 12.8 Å². The lowest BCUT2D eigenvalue weighted by atomic mass is 10.0. The van der Waals surface area contributed by atoms with Crippen molar-refractivity contribution in [2.45, 2.75) is 50.4 Å². The van der Waals surface area contributed by atoms with Crippen molar-refractivity contribution in [3.05, 3.63) is 71.8 Å². The molecule has 0 fully saturated rings. The summed E-state index contributed by atoms with van der Waals surface area (Å²) < 4.78 is 0. The summed E-state index contributed by atoms with van der Waals surface area (Å²) in [6, 6.07) is 16.8. The molecule has 2 aromatic carbocycles. The Bertz CT molecular complexity index is 858.